The summed E-state index contributed by atoms with van der Waals surface area (Å²) < 4.78 is 5.69. The fourth-order valence-corrected chi connectivity index (χ4v) is 3.07. The van der Waals surface area contributed by atoms with E-state index < -0.39 is 0 Å². The highest BCUT2D eigenvalue weighted by molar-refractivity contribution is 4.86. The number of nitrogens with zero attached hydrogens (tertiary/aromatic N) is 1. The second-order valence-electron chi connectivity index (χ2n) is 5.22. The Morgan fingerprint density at radius 2 is 2.31 bits per heavy atom. The molecule has 0 bridgehead atoms. The molecule has 3 nitrogen and oxygen atoms in total. The molecule has 0 spiro atoms. The lowest BCUT2D eigenvalue weighted by atomic mass is 10.1. The van der Waals surface area contributed by atoms with Crippen molar-refractivity contribution in [3.63, 3.8) is 0 Å². The average Bonchev–Trinajstić information content (AvgIpc) is 2.56. The normalized spacial score (nSPS) is 37.5. The average molecular weight is 226 g/mol. The van der Waals surface area contributed by atoms with E-state index in [4.69, 9.17) is 4.74 Å². The molecule has 2 aliphatic rings. The van der Waals surface area contributed by atoms with Crippen LogP contribution in [0.3, 0.4) is 0 Å². The molecule has 2 saturated heterocycles. The maximum absolute atomic E-state index is 5.69. The first-order chi connectivity index (χ1) is 7.81. The summed E-state index contributed by atoms with van der Waals surface area (Å²) in [7, 11) is 0. The van der Waals surface area contributed by atoms with Crippen molar-refractivity contribution < 1.29 is 4.74 Å². The summed E-state index contributed by atoms with van der Waals surface area (Å²) in [5, 5.41) is 3.67. The van der Waals surface area contributed by atoms with E-state index >= 15 is 0 Å². The lowest BCUT2D eigenvalue weighted by Crippen LogP contribution is -2.45. The molecule has 0 aromatic rings. The summed E-state index contributed by atoms with van der Waals surface area (Å²) in [5.74, 6) is 0. The molecule has 2 heterocycles. The van der Waals surface area contributed by atoms with Crippen molar-refractivity contribution in [2.24, 2.45) is 0 Å². The van der Waals surface area contributed by atoms with Crippen LogP contribution in [-0.4, -0.2) is 49.3 Å². The molecule has 16 heavy (non-hydrogen) atoms. The summed E-state index contributed by atoms with van der Waals surface area (Å²) >= 11 is 0. The van der Waals surface area contributed by atoms with Crippen molar-refractivity contribution in [2.75, 3.05) is 26.2 Å². The molecule has 1 N–H and O–H groups in total. The highest BCUT2D eigenvalue weighted by atomic mass is 16.5. The Morgan fingerprint density at radius 3 is 3.00 bits per heavy atom. The molecule has 0 amide bonds. The highest BCUT2D eigenvalue weighted by Crippen LogP contribution is 2.21. The Morgan fingerprint density at radius 1 is 1.44 bits per heavy atom. The molecule has 0 aliphatic carbocycles. The summed E-state index contributed by atoms with van der Waals surface area (Å²) in [4.78, 5) is 2.66. The predicted octanol–water partition coefficient (Wildman–Crippen LogP) is 1.63. The van der Waals surface area contributed by atoms with Gasteiger partial charge in [-0.3, -0.25) is 4.90 Å². The fourth-order valence-electron chi connectivity index (χ4n) is 3.07. The van der Waals surface area contributed by atoms with Crippen LogP contribution in [0.25, 0.3) is 0 Å². The maximum Gasteiger partial charge on any atom is 0.0703 e. The largest absolute Gasteiger partial charge is 0.377 e. The van der Waals surface area contributed by atoms with Crippen LogP contribution < -0.4 is 5.32 Å². The summed E-state index contributed by atoms with van der Waals surface area (Å²) in [5.41, 5.74) is 0. The zero-order valence-corrected chi connectivity index (χ0v) is 10.7. The Labute approximate surface area is 99.5 Å². The van der Waals surface area contributed by atoms with E-state index in [2.05, 4.69) is 24.1 Å². The first-order valence-corrected chi connectivity index (χ1v) is 6.90. The molecule has 0 radical (unpaired) electrons. The van der Waals surface area contributed by atoms with Crippen LogP contribution in [0.15, 0.2) is 0 Å². The van der Waals surface area contributed by atoms with Crippen LogP contribution in [0.5, 0.6) is 0 Å². The SMILES string of the molecule is CCCC1CN(C2CCOC2C)CCCN1. The standard InChI is InChI=1S/C13H26N2O/c1-3-5-12-10-15(8-4-7-14-12)13-6-9-16-11(13)2/h11-14H,3-10H2,1-2H3. The Bertz CT molecular complexity index is 210. The number of nitrogens with one attached hydrogen (secondary N) is 1. The monoisotopic (exact) mass is 226 g/mol. The third-order valence-electron chi connectivity index (χ3n) is 3.95. The Kier molecular flexibility index (Phi) is 4.62. The van der Waals surface area contributed by atoms with Gasteiger partial charge in [-0.25, -0.2) is 0 Å². The number of hydrogen-bond donors (Lipinski definition) is 1. The number of rotatable bonds is 3. The van der Waals surface area contributed by atoms with Gasteiger partial charge < -0.3 is 10.1 Å². The lowest BCUT2D eigenvalue weighted by molar-refractivity contribution is 0.0728. The number of ether oxygens (including phenoxy) is 1. The van der Waals surface area contributed by atoms with Crippen molar-refractivity contribution in [3.05, 3.63) is 0 Å². The lowest BCUT2D eigenvalue weighted by Gasteiger charge is -2.31. The zero-order chi connectivity index (χ0) is 11.4. The quantitative estimate of drug-likeness (QED) is 0.791. The van der Waals surface area contributed by atoms with Crippen molar-refractivity contribution >= 4 is 0 Å². The van der Waals surface area contributed by atoms with E-state index in [1.165, 1.54) is 45.3 Å². The minimum Gasteiger partial charge on any atom is -0.377 e. The van der Waals surface area contributed by atoms with Crippen LogP contribution in [0.4, 0.5) is 0 Å². The van der Waals surface area contributed by atoms with Gasteiger partial charge in [-0.15, -0.1) is 0 Å². The van der Waals surface area contributed by atoms with Crippen molar-refractivity contribution in [2.45, 2.75) is 57.7 Å². The fraction of sp³-hybridized carbons (Fsp3) is 1.00. The van der Waals surface area contributed by atoms with Gasteiger partial charge in [0.15, 0.2) is 0 Å². The van der Waals surface area contributed by atoms with Gasteiger partial charge >= 0.3 is 0 Å². The first-order valence-electron chi connectivity index (χ1n) is 6.90. The first kappa shape index (κ1) is 12.3. The number of hydrogen-bond acceptors (Lipinski definition) is 3. The smallest absolute Gasteiger partial charge is 0.0703 e. The molecule has 2 fully saturated rings. The molecule has 0 aromatic carbocycles. The molecule has 3 atom stereocenters. The van der Waals surface area contributed by atoms with E-state index in [1.54, 1.807) is 0 Å². The van der Waals surface area contributed by atoms with Gasteiger partial charge in [0, 0.05) is 25.2 Å². The van der Waals surface area contributed by atoms with Gasteiger partial charge in [0.2, 0.25) is 0 Å². The molecular formula is C13H26N2O. The molecular weight excluding hydrogens is 200 g/mol. The summed E-state index contributed by atoms with van der Waals surface area (Å²) in [6.45, 7) is 9.10. The van der Waals surface area contributed by atoms with E-state index in [0.29, 0.717) is 18.2 Å². The molecule has 3 unspecified atom stereocenters. The molecule has 0 saturated carbocycles. The molecule has 2 rings (SSSR count). The molecule has 2 aliphatic heterocycles. The highest BCUT2D eigenvalue weighted by Gasteiger charge is 2.31. The van der Waals surface area contributed by atoms with Crippen LogP contribution in [0, 0.1) is 0 Å². The van der Waals surface area contributed by atoms with E-state index in [-0.39, 0.29) is 0 Å². The Hall–Kier alpha value is -0.120. The van der Waals surface area contributed by atoms with E-state index in [1.807, 2.05) is 0 Å². The van der Waals surface area contributed by atoms with Crippen LogP contribution in [-0.2, 0) is 4.74 Å². The van der Waals surface area contributed by atoms with Gasteiger partial charge in [0.1, 0.15) is 0 Å². The zero-order valence-electron chi connectivity index (χ0n) is 10.7. The third kappa shape index (κ3) is 2.96. The minimum atomic E-state index is 0.431. The van der Waals surface area contributed by atoms with Gasteiger partial charge in [0.05, 0.1) is 6.10 Å². The van der Waals surface area contributed by atoms with Crippen molar-refractivity contribution in [1.82, 2.24) is 10.2 Å². The van der Waals surface area contributed by atoms with Gasteiger partial charge in [-0.05, 0) is 39.3 Å². The van der Waals surface area contributed by atoms with Crippen LogP contribution in [0.2, 0.25) is 0 Å². The van der Waals surface area contributed by atoms with Gasteiger partial charge in [0.25, 0.3) is 0 Å². The topological polar surface area (TPSA) is 24.5 Å². The Balaban J connectivity index is 1.91. The molecule has 94 valence electrons. The maximum atomic E-state index is 5.69. The van der Waals surface area contributed by atoms with E-state index in [9.17, 15) is 0 Å². The summed E-state index contributed by atoms with van der Waals surface area (Å²) in [6, 6.07) is 1.36. The molecule has 0 aromatic heterocycles. The van der Waals surface area contributed by atoms with Gasteiger partial charge in [-0.2, -0.15) is 0 Å². The van der Waals surface area contributed by atoms with Gasteiger partial charge in [-0.1, -0.05) is 13.3 Å². The van der Waals surface area contributed by atoms with Crippen molar-refractivity contribution in [1.29, 1.82) is 0 Å². The minimum absolute atomic E-state index is 0.431. The molecule has 3 heteroatoms. The summed E-state index contributed by atoms with van der Waals surface area (Å²) in [6.07, 6.45) is 5.52. The second kappa shape index (κ2) is 5.99. The predicted molar refractivity (Wildman–Crippen MR) is 66.7 cm³/mol. The van der Waals surface area contributed by atoms with Crippen molar-refractivity contribution in [3.8, 4) is 0 Å². The second-order valence-corrected chi connectivity index (χ2v) is 5.22. The van der Waals surface area contributed by atoms with Crippen LogP contribution in [0.1, 0.15) is 39.5 Å². The van der Waals surface area contributed by atoms with E-state index in [0.717, 1.165) is 6.61 Å². The third-order valence-corrected chi connectivity index (χ3v) is 3.95. The van der Waals surface area contributed by atoms with Crippen LogP contribution >= 0.6 is 0 Å².